The van der Waals surface area contributed by atoms with E-state index in [9.17, 15) is 10.2 Å². The maximum atomic E-state index is 9.68. The van der Waals surface area contributed by atoms with Crippen molar-refractivity contribution >= 4 is 11.3 Å². The molecule has 1 fully saturated rings. The first-order chi connectivity index (χ1) is 11.2. The number of aliphatic hydroxyl groups excluding tert-OH is 1. The molecule has 0 unspecified atom stereocenters. The van der Waals surface area contributed by atoms with Gasteiger partial charge in [-0.3, -0.25) is 4.90 Å². The molecule has 3 rings (SSSR count). The number of likely N-dealkylation sites (tertiary alicyclic amines) is 1. The maximum absolute atomic E-state index is 9.68. The highest BCUT2D eigenvalue weighted by molar-refractivity contribution is 7.13. The molecule has 1 aliphatic rings. The van der Waals surface area contributed by atoms with Crippen molar-refractivity contribution in [2.45, 2.75) is 19.4 Å². The zero-order valence-corrected chi connectivity index (χ0v) is 14.1. The molecule has 1 saturated heterocycles. The molecule has 5 nitrogen and oxygen atoms in total. The van der Waals surface area contributed by atoms with Crippen molar-refractivity contribution in [3.8, 4) is 22.1 Å². The van der Waals surface area contributed by atoms with Crippen LogP contribution in [0, 0.1) is 5.92 Å². The van der Waals surface area contributed by atoms with Crippen LogP contribution >= 0.6 is 11.3 Å². The number of aliphatic hydroxyl groups is 1. The summed E-state index contributed by atoms with van der Waals surface area (Å²) in [4.78, 5) is 7.10. The average Bonchev–Trinajstić information content (AvgIpc) is 3.04. The third kappa shape index (κ3) is 3.83. The first-order valence-corrected chi connectivity index (χ1v) is 8.72. The number of phenolic OH excluding ortho intramolecular Hbond substituents is 1. The first-order valence-electron chi connectivity index (χ1n) is 7.84. The van der Waals surface area contributed by atoms with E-state index in [1.54, 1.807) is 24.5 Å². The van der Waals surface area contributed by atoms with Gasteiger partial charge >= 0.3 is 0 Å². The van der Waals surface area contributed by atoms with Crippen LogP contribution in [0.3, 0.4) is 0 Å². The van der Waals surface area contributed by atoms with E-state index in [4.69, 9.17) is 9.72 Å². The molecule has 1 aromatic heterocycles. The third-order valence-corrected chi connectivity index (χ3v) is 5.27. The fourth-order valence-electron chi connectivity index (χ4n) is 2.88. The van der Waals surface area contributed by atoms with Crippen molar-refractivity contribution < 1.29 is 14.9 Å². The molecule has 2 aromatic rings. The van der Waals surface area contributed by atoms with E-state index in [1.165, 1.54) is 0 Å². The van der Waals surface area contributed by atoms with Gasteiger partial charge in [-0.2, -0.15) is 0 Å². The molecule has 0 radical (unpaired) electrons. The fourth-order valence-corrected chi connectivity index (χ4v) is 3.69. The minimum Gasteiger partial charge on any atom is -0.504 e. The van der Waals surface area contributed by atoms with Gasteiger partial charge in [-0.15, -0.1) is 11.3 Å². The van der Waals surface area contributed by atoms with Gasteiger partial charge in [-0.25, -0.2) is 4.98 Å². The van der Waals surface area contributed by atoms with Crippen LogP contribution in [0.15, 0.2) is 23.6 Å². The molecule has 124 valence electrons. The molecule has 23 heavy (non-hydrogen) atoms. The van der Waals surface area contributed by atoms with E-state index >= 15 is 0 Å². The van der Waals surface area contributed by atoms with Crippen molar-refractivity contribution in [3.05, 3.63) is 29.3 Å². The Balaban J connectivity index is 1.66. The second kappa shape index (κ2) is 7.29. The first kappa shape index (κ1) is 16.2. The summed E-state index contributed by atoms with van der Waals surface area (Å²) in [6.07, 6.45) is 2.12. The summed E-state index contributed by atoms with van der Waals surface area (Å²) in [5.41, 5.74) is 2.02. The minimum atomic E-state index is 0.139. The van der Waals surface area contributed by atoms with Gasteiger partial charge in [0.2, 0.25) is 0 Å². The summed E-state index contributed by atoms with van der Waals surface area (Å²) >= 11 is 1.61. The van der Waals surface area contributed by atoms with Crippen molar-refractivity contribution in [1.29, 1.82) is 0 Å². The van der Waals surface area contributed by atoms with Crippen molar-refractivity contribution in [2.75, 3.05) is 26.8 Å². The molecule has 1 aliphatic heterocycles. The van der Waals surface area contributed by atoms with Gasteiger partial charge < -0.3 is 14.9 Å². The summed E-state index contributed by atoms with van der Waals surface area (Å²) in [5, 5.41) is 21.9. The van der Waals surface area contributed by atoms with Crippen LogP contribution in [0.2, 0.25) is 0 Å². The maximum Gasteiger partial charge on any atom is 0.161 e. The molecule has 0 aliphatic carbocycles. The molecule has 0 saturated carbocycles. The summed E-state index contributed by atoms with van der Waals surface area (Å²) < 4.78 is 5.15. The van der Waals surface area contributed by atoms with E-state index in [0.29, 0.717) is 18.3 Å². The van der Waals surface area contributed by atoms with Crippen LogP contribution in [0.4, 0.5) is 0 Å². The second-order valence-electron chi connectivity index (χ2n) is 5.93. The monoisotopic (exact) mass is 334 g/mol. The predicted octanol–water partition coefficient (Wildman–Crippen LogP) is 2.73. The highest BCUT2D eigenvalue weighted by Gasteiger charge is 2.19. The Kier molecular flexibility index (Phi) is 5.15. The molecular formula is C17H22N2O3S. The van der Waals surface area contributed by atoms with E-state index in [2.05, 4.69) is 10.3 Å². The summed E-state index contributed by atoms with van der Waals surface area (Å²) in [7, 11) is 1.54. The minimum absolute atomic E-state index is 0.139. The van der Waals surface area contributed by atoms with Crippen LogP contribution in [-0.2, 0) is 6.54 Å². The Morgan fingerprint density at radius 3 is 2.83 bits per heavy atom. The van der Waals surface area contributed by atoms with Crippen molar-refractivity contribution in [2.24, 2.45) is 5.92 Å². The number of rotatable bonds is 5. The van der Waals surface area contributed by atoms with Gasteiger partial charge in [0.1, 0.15) is 5.01 Å². The Morgan fingerprint density at radius 2 is 2.13 bits per heavy atom. The Bertz CT molecular complexity index is 651. The predicted molar refractivity (Wildman–Crippen MR) is 90.9 cm³/mol. The standard InChI is InChI=1S/C17H22N2O3S/c1-22-16-8-13(2-3-15(16)21)17-18-14(11-23-17)9-19-6-4-12(10-20)5-7-19/h2-3,8,11-12,20-21H,4-7,9-10H2,1H3. The number of nitrogens with zero attached hydrogens (tertiary/aromatic N) is 2. The number of aromatic hydroxyl groups is 1. The summed E-state index contributed by atoms with van der Waals surface area (Å²) in [5.74, 6) is 1.06. The highest BCUT2D eigenvalue weighted by Crippen LogP contribution is 2.33. The molecule has 0 amide bonds. The number of hydrogen-bond acceptors (Lipinski definition) is 6. The number of phenols is 1. The lowest BCUT2D eigenvalue weighted by Gasteiger charge is -2.30. The number of methoxy groups -OCH3 is 1. The largest absolute Gasteiger partial charge is 0.504 e. The molecule has 2 heterocycles. The number of benzene rings is 1. The van der Waals surface area contributed by atoms with E-state index < -0.39 is 0 Å². The normalized spacial score (nSPS) is 16.6. The van der Waals surface area contributed by atoms with Gasteiger partial charge in [0.15, 0.2) is 11.5 Å². The van der Waals surface area contributed by atoms with Crippen LogP contribution in [-0.4, -0.2) is 46.9 Å². The molecule has 2 N–H and O–H groups in total. The Labute approximate surface area is 140 Å². The molecular weight excluding hydrogens is 312 g/mol. The molecule has 0 bridgehead atoms. The van der Waals surface area contributed by atoms with Gasteiger partial charge in [-0.1, -0.05) is 0 Å². The zero-order chi connectivity index (χ0) is 16.2. The SMILES string of the molecule is COc1cc(-c2nc(CN3CCC(CO)CC3)cs2)ccc1O. The highest BCUT2D eigenvalue weighted by atomic mass is 32.1. The van der Waals surface area contributed by atoms with Crippen LogP contribution in [0.1, 0.15) is 18.5 Å². The fraction of sp³-hybridized carbons (Fsp3) is 0.471. The number of aromatic nitrogens is 1. The van der Waals surface area contributed by atoms with Gasteiger partial charge in [0, 0.05) is 24.1 Å². The Hall–Kier alpha value is -1.63. The number of thiazole rings is 1. The lowest BCUT2D eigenvalue weighted by atomic mass is 9.98. The van der Waals surface area contributed by atoms with E-state index in [0.717, 1.165) is 48.7 Å². The van der Waals surface area contributed by atoms with E-state index in [-0.39, 0.29) is 5.75 Å². The second-order valence-corrected chi connectivity index (χ2v) is 6.79. The lowest BCUT2D eigenvalue weighted by molar-refractivity contribution is 0.126. The topological polar surface area (TPSA) is 65.8 Å². The average molecular weight is 334 g/mol. The quantitative estimate of drug-likeness (QED) is 0.880. The van der Waals surface area contributed by atoms with Crippen molar-refractivity contribution in [3.63, 3.8) is 0 Å². The summed E-state index contributed by atoms with van der Waals surface area (Å²) in [6.45, 7) is 3.19. The van der Waals surface area contributed by atoms with E-state index in [1.807, 2.05) is 12.1 Å². The van der Waals surface area contributed by atoms with Crippen molar-refractivity contribution in [1.82, 2.24) is 9.88 Å². The summed E-state index contributed by atoms with van der Waals surface area (Å²) in [6, 6.07) is 5.30. The van der Waals surface area contributed by atoms with Gasteiger partial charge in [0.25, 0.3) is 0 Å². The molecule has 1 aromatic carbocycles. The number of piperidine rings is 1. The zero-order valence-electron chi connectivity index (χ0n) is 13.2. The molecule has 6 heteroatoms. The molecule has 0 spiro atoms. The Morgan fingerprint density at radius 1 is 1.35 bits per heavy atom. The van der Waals surface area contributed by atoms with Crippen LogP contribution in [0.5, 0.6) is 11.5 Å². The van der Waals surface area contributed by atoms with Crippen LogP contribution in [0.25, 0.3) is 10.6 Å². The molecule has 0 atom stereocenters. The third-order valence-electron chi connectivity index (χ3n) is 4.33. The number of ether oxygens (including phenoxy) is 1. The smallest absolute Gasteiger partial charge is 0.161 e. The van der Waals surface area contributed by atoms with Gasteiger partial charge in [0.05, 0.1) is 12.8 Å². The van der Waals surface area contributed by atoms with Gasteiger partial charge in [-0.05, 0) is 50.0 Å². The van der Waals surface area contributed by atoms with Crippen LogP contribution < -0.4 is 4.74 Å². The lowest BCUT2D eigenvalue weighted by Crippen LogP contribution is -2.34. The number of hydrogen-bond donors (Lipinski definition) is 2.